The maximum absolute atomic E-state index is 13.7. The van der Waals surface area contributed by atoms with Gasteiger partial charge in [0.2, 0.25) is 0 Å². The fourth-order valence-corrected chi connectivity index (χ4v) is 5.27. The lowest BCUT2D eigenvalue weighted by Crippen LogP contribution is -2.39. The summed E-state index contributed by atoms with van der Waals surface area (Å²) in [5.74, 6) is -0.405. The van der Waals surface area contributed by atoms with Gasteiger partial charge < -0.3 is 20.8 Å². The Hall–Kier alpha value is -4.25. The van der Waals surface area contributed by atoms with E-state index in [1.165, 1.54) is 48.5 Å². The Bertz CT molecular complexity index is 1480. The van der Waals surface area contributed by atoms with Gasteiger partial charge in [0, 0.05) is 11.4 Å². The van der Waals surface area contributed by atoms with E-state index in [4.69, 9.17) is 0 Å². The number of rotatable bonds is 9. The molecule has 196 valence electrons. The average molecular weight is 536 g/mol. The molecule has 0 bridgehead atoms. The average Bonchev–Trinajstić information content (AvgIpc) is 2.93. The number of para-hydroxylation sites is 1. The number of urea groups is 1. The molecule has 0 aliphatic carbocycles. The first kappa shape index (κ1) is 26.8. The van der Waals surface area contributed by atoms with Crippen LogP contribution in [0.4, 0.5) is 26.2 Å². The van der Waals surface area contributed by atoms with Crippen LogP contribution in [0.2, 0.25) is 0 Å². The van der Waals surface area contributed by atoms with Gasteiger partial charge in [-0.25, -0.2) is 17.6 Å². The number of aliphatic hydroxyl groups is 2. The summed E-state index contributed by atoms with van der Waals surface area (Å²) in [6.07, 6.45) is -1.33. The summed E-state index contributed by atoms with van der Waals surface area (Å²) >= 11 is 0. The van der Waals surface area contributed by atoms with E-state index in [1.54, 1.807) is 48.5 Å². The van der Waals surface area contributed by atoms with E-state index in [9.17, 15) is 27.8 Å². The van der Waals surface area contributed by atoms with Crippen molar-refractivity contribution in [2.45, 2.75) is 11.0 Å². The number of halogens is 1. The van der Waals surface area contributed by atoms with E-state index in [0.717, 1.165) is 4.31 Å². The highest BCUT2D eigenvalue weighted by Crippen LogP contribution is 2.29. The molecule has 4 aromatic carbocycles. The van der Waals surface area contributed by atoms with Crippen molar-refractivity contribution < 1.29 is 27.8 Å². The van der Waals surface area contributed by atoms with Crippen LogP contribution in [-0.2, 0) is 10.0 Å². The number of nitrogens with zero attached hydrogens (tertiary/aromatic N) is 1. The van der Waals surface area contributed by atoms with E-state index in [-0.39, 0.29) is 10.6 Å². The summed E-state index contributed by atoms with van der Waals surface area (Å²) in [5.41, 5.74) is 2.45. The van der Waals surface area contributed by atoms with Crippen molar-refractivity contribution in [2.24, 2.45) is 0 Å². The molecule has 0 heterocycles. The van der Waals surface area contributed by atoms with Crippen molar-refractivity contribution >= 4 is 33.1 Å². The number of amides is 2. The van der Waals surface area contributed by atoms with Gasteiger partial charge in [-0.2, -0.15) is 0 Å². The Balaban J connectivity index is 1.59. The van der Waals surface area contributed by atoms with Gasteiger partial charge in [-0.1, -0.05) is 42.5 Å². The summed E-state index contributed by atoms with van der Waals surface area (Å²) in [4.78, 5) is 12.2. The van der Waals surface area contributed by atoms with Crippen LogP contribution >= 0.6 is 0 Å². The predicted molar refractivity (Wildman–Crippen MR) is 145 cm³/mol. The molecule has 0 radical (unpaired) electrons. The first-order chi connectivity index (χ1) is 18.3. The maximum Gasteiger partial charge on any atom is 0.323 e. The molecule has 0 aromatic heterocycles. The molecular weight excluding hydrogens is 509 g/mol. The fourth-order valence-electron chi connectivity index (χ4n) is 3.72. The molecule has 0 fully saturated rings. The standard InChI is InChI=1S/C28H26FN3O5S/c29-22-11-9-20(10-12-22)21-5-4-8-27(17-21)38(36,37)32(18-26(34)19-33)25-15-13-24(14-16-25)31-28(35)30-23-6-2-1-3-7-23/h1-17,26,33-34H,18-19H2,(H2,30,31,35). The van der Waals surface area contributed by atoms with Crippen molar-refractivity contribution in [2.75, 3.05) is 28.1 Å². The number of hydrogen-bond acceptors (Lipinski definition) is 5. The van der Waals surface area contributed by atoms with Crippen LogP contribution in [-0.4, -0.2) is 43.9 Å². The Labute approximate surface area is 220 Å². The smallest absolute Gasteiger partial charge is 0.323 e. The molecular formula is C28H26FN3O5S. The summed E-state index contributed by atoms with van der Waals surface area (Å²) in [5, 5.41) is 24.9. The van der Waals surface area contributed by atoms with Crippen LogP contribution in [0.1, 0.15) is 0 Å². The number of sulfonamides is 1. The number of carbonyl (C=O) groups is 1. The van der Waals surface area contributed by atoms with Crippen molar-refractivity contribution in [3.05, 3.63) is 109 Å². The molecule has 0 saturated heterocycles. The lowest BCUT2D eigenvalue weighted by Gasteiger charge is -2.26. The molecule has 38 heavy (non-hydrogen) atoms. The lowest BCUT2D eigenvalue weighted by molar-refractivity contribution is 0.102. The molecule has 0 aliphatic heterocycles. The first-order valence-electron chi connectivity index (χ1n) is 11.7. The quantitative estimate of drug-likeness (QED) is 0.248. The third-order valence-corrected chi connectivity index (χ3v) is 7.42. The van der Waals surface area contributed by atoms with Crippen molar-refractivity contribution in [1.29, 1.82) is 0 Å². The third kappa shape index (κ3) is 6.54. The molecule has 4 rings (SSSR count). The largest absolute Gasteiger partial charge is 0.394 e. The molecule has 0 aliphatic rings. The molecule has 4 aromatic rings. The Morgan fingerprint density at radius 2 is 1.45 bits per heavy atom. The third-order valence-electron chi connectivity index (χ3n) is 5.63. The van der Waals surface area contributed by atoms with Crippen LogP contribution in [0.15, 0.2) is 108 Å². The molecule has 2 amide bonds. The van der Waals surface area contributed by atoms with E-state index in [0.29, 0.717) is 22.5 Å². The number of carbonyl (C=O) groups excluding carboxylic acids is 1. The van der Waals surface area contributed by atoms with Gasteiger partial charge in [0.15, 0.2) is 0 Å². The van der Waals surface area contributed by atoms with Crippen molar-refractivity contribution in [3.63, 3.8) is 0 Å². The highest BCUT2D eigenvalue weighted by molar-refractivity contribution is 7.92. The number of nitrogens with one attached hydrogen (secondary N) is 2. The maximum atomic E-state index is 13.7. The van der Waals surface area contributed by atoms with Gasteiger partial charge in [-0.15, -0.1) is 0 Å². The highest BCUT2D eigenvalue weighted by Gasteiger charge is 2.27. The second-order valence-corrected chi connectivity index (χ2v) is 10.3. The van der Waals surface area contributed by atoms with Gasteiger partial charge in [0.25, 0.3) is 10.0 Å². The number of aliphatic hydroxyl groups excluding tert-OH is 2. The van der Waals surface area contributed by atoms with Crippen LogP contribution < -0.4 is 14.9 Å². The van der Waals surface area contributed by atoms with E-state index in [2.05, 4.69) is 10.6 Å². The summed E-state index contributed by atoms with van der Waals surface area (Å²) in [6, 6.07) is 26.3. The fraction of sp³-hybridized carbons (Fsp3) is 0.107. The molecule has 0 saturated carbocycles. The second kappa shape index (κ2) is 11.9. The second-order valence-electron chi connectivity index (χ2n) is 8.40. The van der Waals surface area contributed by atoms with Crippen LogP contribution in [0.3, 0.4) is 0 Å². The summed E-state index contributed by atoms with van der Waals surface area (Å²) < 4.78 is 41.7. The number of anilines is 3. The zero-order valence-corrected chi connectivity index (χ0v) is 21.0. The molecule has 8 nitrogen and oxygen atoms in total. The van der Waals surface area contributed by atoms with Crippen LogP contribution in [0.5, 0.6) is 0 Å². The van der Waals surface area contributed by atoms with E-state index in [1.807, 2.05) is 6.07 Å². The number of hydrogen-bond donors (Lipinski definition) is 4. The molecule has 1 atom stereocenters. The van der Waals surface area contributed by atoms with Crippen LogP contribution in [0.25, 0.3) is 11.1 Å². The van der Waals surface area contributed by atoms with Gasteiger partial charge in [0.1, 0.15) is 5.82 Å². The molecule has 0 spiro atoms. The van der Waals surface area contributed by atoms with E-state index < -0.39 is 41.1 Å². The Morgan fingerprint density at radius 3 is 2.08 bits per heavy atom. The van der Waals surface area contributed by atoms with Gasteiger partial charge >= 0.3 is 6.03 Å². The minimum absolute atomic E-state index is 0.0473. The monoisotopic (exact) mass is 535 g/mol. The zero-order valence-electron chi connectivity index (χ0n) is 20.2. The van der Waals surface area contributed by atoms with Crippen molar-refractivity contribution in [3.8, 4) is 11.1 Å². The van der Waals surface area contributed by atoms with E-state index >= 15 is 0 Å². The minimum atomic E-state index is -4.19. The van der Waals surface area contributed by atoms with Gasteiger partial charge in [0.05, 0.1) is 29.8 Å². The normalized spacial score (nSPS) is 12.0. The Morgan fingerprint density at radius 1 is 0.816 bits per heavy atom. The summed E-state index contributed by atoms with van der Waals surface area (Å²) in [7, 11) is -4.19. The lowest BCUT2D eigenvalue weighted by atomic mass is 10.1. The van der Waals surface area contributed by atoms with Gasteiger partial charge in [-0.3, -0.25) is 4.31 Å². The summed E-state index contributed by atoms with van der Waals surface area (Å²) in [6.45, 7) is -1.04. The minimum Gasteiger partial charge on any atom is -0.394 e. The SMILES string of the molecule is O=C(Nc1ccccc1)Nc1ccc(N(CC(O)CO)S(=O)(=O)c2cccc(-c3ccc(F)cc3)c2)cc1. The molecule has 10 heteroatoms. The highest BCUT2D eigenvalue weighted by atomic mass is 32.2. The first-order valence-corrected chi connectivity index (χ1v) is 13.1. The molecule has 1 unspecified atom stereocenters. The topological polar surface area (TPSA) is 119 Å². The predicted octanol–water partition coefficient (Wildman–Crippen LogP) is 4.69. The van der Waals surface area contributed by atoms with Crippen LogP contribution in [0, 0.1) is 5.82 Å². The molecule has 4 N–H and O–H groups in total. The number of benzene rings is 4. The van der Waals surface area contributed by atoms with Crippen molar-refractivity contribution in [1.82, 2.24) is 0 Å². The van der Waals surface area contributed by atoms with Gasteiger partial charge in [-0.05, 0) is 71.8 Å². The Kier molecular flexibility index (Phi) is 8.37. The zero-order chi connectivity index (χ0) is 27.1.